The number of carbonyl (C=O) groups is 1. The highest BCUT2D eigenvalue weighted by Crippen LogP contribution is 2.25. The summed E-state index contributed by atoms with van der Waals surface area (Å²) in [6, 6.07) is 9.03. The Bertz CT molecular complexity index is 959. The van der Waals surface area contributed by atoms with E-state index in [2.05, 4.69) is 26.0 Å². The lowest BCUT2D eigenvalue weighted by Crippen LogP contribution is -2.27. The molecule has 0 aliphatic heterocycles. The number of amides is 1. The maximum Gasteiger partial charge on any atom is 0.252 e. The monoisotopic (exact) mass is 440 g/mol. The molecule has 1 aliphatic carbocycles. The van der Waals surface area contributed by atoms with Gasteiger partial charge in [0.25, 0.3) is 5.91 Å². The van der Waals surface area contributed by atoms with E-state index >= 15 is 0 Å². The number of nitrogens with one attached hydrogen (secondary N) is 2. The van der Waals surface area contributed by atoms with Crippen molar-refractivity contribution in [3.05, 3.63) is 63.4 Å². The summed E-state index contributed by atoms with van der Waals surface area (Å²) < 4.78 is 41.3. The first-order valence-corrected chi connectivity index (χ1v) is 10.4. The van der Waals surface area contributed by atoms with Crippen molar-refractivity contribution in [3.63, 3.8) is 0 Å². The maximum absolute atomic E-state index is 13.6. The van der Waals surface area contributed by atoms with Crippen LogP contribution in [0.25, 0.3) is 0 Å². The fourth-order valence-electron chi connectivity index (χ4n) is 2.36. The number of hydrogen-bond acceptors (Lipinski definition) is 3. The van der Waals surface area contributed by atoms with Crippen LogP contribution in [0.2, 0.25) is 0 Å². The number of aryl methyl sites for hydroxylation is 1. The fraction of sp³-hybridized carbons (Fsp3) is 0.278. The van der Waals surface area contributed by atoms with Crippen molar-refractivity contribution in [2.45, 2.75) is 37.2 Å². The number of rotatable bonds is 6. The SMILES string of the molecule is Cc1ccc(CNC(=O)c2cc(S(=O)(=O)NC3CC3)ccc2Br)cc1F. The molecule has 1 fully saturated rings. The molecule has 1 aliphatic rings. The Morgan fingerprint density at radius 2 is 1.96 bits per heavy atom. The van der Waals surface area contributed by atoms with Crippen LogP contribution in [0.3, 0.4) is 0 Å². The molecule has 0 atom stereocenters. The Morgan fingerprint density at radius 1 is 1.23 bits per heavy atom. The highest BCUT2D eigenvalue weighted by Gasteiger charge is 2.28. The van der Waals surface area contributed by atoms with E-state index in [4.69, 9.17) is 0 Å². The normalized spacial score (nSPS) is 14.3. The van der Waals surface area contributed by atoms with Gasteiger partial charge in [0.15, 0.2) is 0 Å². The first-order valence-electron chi connectivity index (χ1n) is 8.11. The molecular weight excluding hydrogens is 423 g/mol. The summed E-state index contributed by atoms with van der Waals surface area (Å²) in [4.78, 5) is 12.5. The molecule has 2 N–H and O–H groups in total. The molecule has 3 rings (SSSR count). The molecule has 2 aromatic rings. The molecule has 138 valence electrons. The average Bonchev–Trinajstić information content (AvgIpc) is 3.39. The number of benzene rings is 2. The van der Waals surface area contributed by atoms with Gasteiger partial charge in [-0.3, -0.25) is 4.79 Å². The molecule has 0 spiro atoms. The van der Waals surface area contributed by atoms with E-state index in [1.54, 1.807) is 19.1 Å². The van der Waals surface area contributed by atoms with Gasteiger partial charge in [-0.1, -0.05) is 12.1 Å². The molecule has 5 nitrogen and oxygen atoms in total. The van der Waals surface area contributed by atoms with Crippen LogP contribution in [0.15, 0.2) is 45.8 Å². The molecule has 0 aromatic heterocycles. The lowest BCUT2D eigenvalue weighted by Gasteiger charge is -2.11. The molecule has 0 bridgehead atoms. The zero-order chi connectivity index (χ0) is 18.9. The Balaban J connectivity index is 1.75. The summed E-state index contributed by atoms with van der Waals surface area (Å²) in [5.74, 6) is -0.779. The van der Waals surface area contributed by atoms with Gasteiger partial charge in [0.2, 0.25) is 10.0 Å². The molecule has 0 saturated heterocycles. The summed E-state index contributed by atoms with van der Waals surface area (Å²) in [5.41, 5.74) is 1.36. The van der Waals surface area contributed by atoms with Crippen LogP contribution < -0.4 is 10.0 Å². The standard InChI is InChI=1S/C18H18BrFN2O3S/c1-11-2-3-12(8-17(11)20)10-21-18(23)15-9-14(6-7-16(15)19)26(24,25)22-13-4-5-13/h2-3,6-9,13,22H,4-5,10H2,1H3,(H,21,23). The van der Waals surface area contributed by atoms with Gasteiger partial charge in [-0.05, 0) is 71.1 Å². The van der Waals surface area contributed by atoms with E-state index in [-0.39, 0.29) is 28.9 Å². The van der Waals surface area contributed by atoms with Crippen molar-refractivity contribution >= 4 is 31.9 Å². The van der Waals surface area contributed by atoms with E-state index < -0.39 is 15.9 Å². The highest BCUT2D eigenvalue weighted by atomic mass is 79.9. The second kappa shape index (κ2) is 7.46. The van der Waals surface area contributed by atoms with Gasteiger partial charge in [0.1, 0.15) is 5.82 Å². The van der Waals surface area contributed by atoms with Gasteiger partial charge in [-0.2, -0.15) is 0 Å². The van der Waals surface area contributed by atoms with Crippen molar-refractivity contribution in [1.29, 1.82) is 0 Å². The van der Waals surface area contributed by atoms with Crippen LogP contribution in [0.1, 0.15) is 34.3 Å². The molecule has 1 saturated carbocycles. The molecular formula is C18H18BrFN2O3S. The topological polar surface area (TPSA) is 75.3 Å². The van der Waals surface area contributed by atoms with Crippen molar-refractivity contribution in [3.8, 4) is 0 Å². The van der Waals surface area contributed by atoms with Gasteiger partial charge in [-0.15, -0.1) is 0 Å². The smallest absolute Gasteiger partial charge is 0.252 e. The number of hydrogen-bond donors (Lipinski definition) is 2. The van der Waals surface area contributed by atoms with Gasteiger partial charge in [0.05, 0.1) is 10.5 Å². The van der Waals surface area contributed by atoms with Crippen molar-refractivity contribution in [2.24, 2.45) is 0 Å². The Labute approximate surface area is 160 Å². The second-order valence-corrected chi connectivity index (χ2v) is 8.87. The minimum atomic E-state index is -3.65. The van der Waals surface area contributed by atoms with E-state index in [1.165, 1.54) is 24.3 Å². The van der Waals surface area contributed by atoms with Gasteiger partial charge in [-0.25, -0.2) is 17.5 Å². The number of sulfonamides is 1. The summed E-state index contributed by atoms with van der Waals surface area (Å²) in [5, 5.41) is 2.68. The molecule has 0 heterocycles. The third kappa shape index (κ3) is 4.49. The lowest BCUT2D eigenvalue weighted by atomic mass is 10.1. The number of carbonyl (C=O) groups excluding carboxylic acids is 1. The first-order chi connectivity index (χ1) is 12.3. The van der Waals surface area contributed by atoms with Crippen molar-refractivity contribution in [1.82, 2.24) is 10.0 Å². The van der Waals surface area contributed by atoms with Crippen LogP contribution >= 0.6 is 15.9 Å². The largest absolute Gasteiger partial charge is 0.348 e. The second-order valence-electron chi connectivity index (χ2n) is 6.30. The molecule has 0 radical (unpaired) electrons. The number of halogens is 2. The quantitative estimate of drug-likeness (QED) is 0.723. The summed E-state index contributed by atoms with van der Waals surface area (Å²) in [6.45, 7) is 1.80. The van der Waals surface area contributed by atoms with Crippen LogP contribution in [0, 0.1) is 12.7 Å². The minimum absolute atomic E-state index is 0.0163. The van der Waals surface area contributed by atoms with Gasteiger partial charge < -0.3 is 5.32 Å². The van der Waals surface area contributed by atoms with E-state index in [1.807, 2.05) is 0 Å². The zero-order valence-corrected chi connectivity index (χ0v) is 16.5. The van der Waals surface area contributed by atoms with E-state index in [0.717, 1.165) is 12.8 Å². The summed E-state index contributed by atoms with van der Waals surface area (Å²) >= 11 is 3.27. The molecule has 26 heavy (non-hydrogen) atoms. The van der Waals surface area contributed by atoms with Crippen LogP contribution in [0.5, 0.6) is 0 Å². The molecule has 1 amide bonds. The molecule has 2 aromatic carbocycles. The van der Waals surface area contributed by atoms with Crippen molar-refractivity contribution in [2.75, 3.05) is 0 Å². The zero-order valence-electron chi connectivity index (χ0n) is 14.1. The first kappa shape index (κ1) is 19.0. The Kier molecular flexibility index (Phi) is 5.45. The maximum atomic E-state index is 13.6. The average molecular weight is 441 g/mol. The highest BCUT2D eigenvalue weighted by molar-refractivity contribution is 9.10. The molecule has 0 unspecified atom stereocenters. The minimum Gasteiger partial charge on any atom is -0.348 e. The van der Waals surface area contributed by atoms with Gasteiger partial charge in [0, 0.05) is 17.1 Å². The third-order valence-corrected chi connectivity index (χ3v) is 6.29. The van der Waals surface area contributed by atoms with Crippen LogP contribution in [0.4, 0.5) is 4.39 Å². The summed E-state index contributed by atoms with van der Waals surface area (Å²) in [6.07, 6.45) is 1.66. The Hall–Kier alpha value is -1.77. The van der Waals surface area contributed by atoms with Gasteiger partial charge >= 0.3 is 0 Å². The molecule has 8 heteroatoms. The predicted molar refractivity (Wildman–Crippen MR) is 99.8 cm³/mol. The summed E-state index contributed by atoms with van der Waals surface area (Å²) in [7, 11) is -3.65. The van der Waals surface area contributed by atoms with Crippen molar-refractivity contribution < 1.29 is 17.6 Å². The van der Waals surface area contributed by atoms with Crippen LogP contribution in [-0.4, -0.2) is 20.4 Å². The lowest BCUT2D eigenvalue weighted by molar-refractivity contribution is 0.0950. The van der Waals surface area contributed by atoms with E-state index in [0.29, 0.717) is 15.6 Å². The fourth-order valence-corrected chi connectivity index (χ4v) is 4.12. The Morgan fingerprint density at radius 3 is 2.62 bits per heavy atom. The predicted octanol–water partition coefficient (Wildman–Crippen LogP) is 3.27. The van der Waals surface area contributed by atoms with E-state index in [9.17, 15) is 17.6 Å². The van der Waals surface area contributed by atoms with Crippen LogP contribution in [-0.2, 0) is 16.6 Å². The third-order valence-electron chi connectivity index (χ3n) is 4.08.